The van der Waals surface area contributed by atoms with Crippen molar-refractivity contribution in [1.82, 2.24) is 9.78 Å². The van der Waals surface area contributed by atoms with Gasteiger partial charge in [-0.25, -0.2) is 9.48 Å². The molecule has 1 aromatic heterocycles. The second-order valence-corrected chi connectivity index (χ2v) is 6.68. The van der Waals surface area contributed by atoms with Crippen LogP contribution in [0.15, 0.2) is 60.8 Å². The Morgan fingerprint density at radius 3 is 2.61 bits per heavy atom. The van der Waals surface area contributed by atoms with Crippen LogP contribution < -0.4 is 15.0 Å². The summed E-state index contributed by atoms with van der Waals surface area (Å²) in [4.78, 5) is 38.5. The van der Waals surface area contributed by atoms with Crippen molar-refractivity contribution in [3.8, 4) is 11.4 Å². The fourth-order valence-corrected chi connectivity index (χ4v) is 3.19. The number of hydrogen-bond donors (Lipinski definition) is 1. The number of para-hydroxylation sites is 3. The van der Waals surface area contributed by atoms with Gasteiger partial charge in [-0.15, -0.1) is 0 Å². The molecule has 0 unspecified atom stereocenters. The van der Waals surface area contributed by atoms with Gasteiger partial charge in [-0.2, -0.15) is 5.10 Å². The van der Waals surface area contributed by atoms with E-state index in [-0.39, 0.29) is 37.1 Å². The van der Waals surface area contributed by atoms with Crippen molar-refractivity contribution in [2.45, 2.75) is 6.92 Å². The SMILES string of the molecule is CCOC(=O)c1nn(-c2ccccc2)cc1OCC(=O)N1CC(=O)Nc2ccccc21. The summed E-state index contributed by atoms with van der Waals surface area (Å²) in [6, 6.07) is 16.2. The van der Waals surface area contributed by atoms with Gasteiger partial charge in [-0.05, 0) is 31.2 Å². The molecule has 4 rings (SSSR count). The number of ether oxygens (including phenoxy) is 2. The number of nitrogens with zero attached hydrogens (tertiary/aromatic N) is 3. The summed E-state index contributed by atoms with van der Waals surface area (Å²) in [5.41, 5.74) is 1.82. The Morgan fingerprint density at radius 2 is 1.84 bits per heavy atom. The summed E-state index contributed by atoms with van der Waals surface area (Å²) in [6.07, 6.45) is 1.52. The molecule has 0 radical (unpaired) electrons. The molecule has 31 heavy (non-hydrogen) atoms. The van der Waals surface area contributed by atoms with Crippen LogP contribution in [0, 0.1) is 0 Å². The monoisotopic (exact) mass is 420 g/mol. The molecule has 2 amide bonds. The van der Waals surface area contributed by atoms with Gasteiger partial charge in [-0.3, -0.25) is 14.5 Å². The van der Waals surface area contributed by atoms with Gasteiger partial charge in [0.2, 0.25) is 11.6 Å². The van der Waals surface area contributed by atoms with Crippen LogP contribution in [0.2, 0.25) is 0 Å². The number of hydrogen-bond acceptors (Lipinski definition) is 6. The molecule has 9 heteroatoms. The van der Waals surface area contributed by atoms with Crippen LogP contribution in [0.1, 0.15) is 17.4 Å². The first-order valence-corrected chi connectivity index (χ1v) is 9.71. The molecule has 2 heterocycles. The van der Waals surface area contributed by atoms with Gasteiger partial charge >= 0.3 is 5.97 Å². The van der Waals surface area contributed by atoms with Crippen molar-refractivity contribution in [1.29, 1.82) is 0 Å². The van der Waals surface area contributed by atoms with Crippen molar-refractivity contribution in [3.05, 3.63) is 66.5 Å². The normalized spacial score (nSPS) is 12.7. The lowest BCUT2D eigenvalue weighted by Gasteiger charge is -2.28. The maximum absolute atomic E-state index is 12.8. The second-order valence-electron chi connectivity index (χ2n) is 6.68. The molecule has 0 atom stereocenters. The van der Waals surface area contributed by atoms with Crippen LogP contribution in [-0.4, -0.2) is 47.3 Å². The molecule has 3 aromatic rings. The Balaban J connectivity index is 1.56. The lowest BCUT2D eigenvalue weighted by atomic mass is 10.2. The molecule has 0 spiro atoms. The molecule has 0 aliphatic carbocycles. The van der Waals surface area contributed by atoms with E-state index in [0.29, 0.717) is 11.4 Å². The van der Waals surface area contributed by atoms with Gasteiger partial charge in [0.25, 0.3) is 5.91 Å². The smallest absolute Gasteiger partial charge is 0.362 e. The van der Waals surface area contributed by atoms with E-state index in [2.05, 4.69) is 10.4 Å². The van der Waals surface area contributed by atoms with Gasteiger partial charge < -0.3 is 14.8 Å². The van der Waals surface area contributed by atoms with E-state index < -0.39 is 11.9 Å². The molecule has 1 N–H and O–H groups in total. The van der Waals surface area contributed by atoms with E-state index >= 15 is 0 Å². The van der Waals surface area contributed by atoms with Gasteiger partial charge in [-0.1, -0.05) is 30.3 Å². The summed E-state index contributed by atoms with van der Waals surface area (Å²) < 4.78 is 12.2. The minimum atomic E-state index is -0.651. The molecule has 2 aromatic carbocycles. The predicted molar refractivity (Wildman–Crippen MR) is 112 cm³/mol. The van der Waals surface area contributed by atoms with Crippen LogP contribution in [0.25, 0.3) is 5.69 Å². The molecule has 0 bridgehead atoms. The van der Waals surface area contributed by atoms with Crippen LogP contribution in [0.4, 0.5) is 11.4 Å². The number of carbonyl (C=O) groups is 3. The van der Waals surface area contributed by atoms with Crippen LogP contribution in [0.5, 0.6) is 5.75 Å². The Hall–Kier alpha value is -4.14. The minimum absolute atomic E-state index is 0.0321. The third-order valence-electron chi connectivity index (χ3n) is 4.59. The number of carbonyl (C=O) groups excluding carboxylic acids is 3. The number of rotatable bonds is 6. The largest absolute Gasteiger partial charge is 0.479 e. The fourth-order valence-electron chi connectivity index (χ4n) is 3.19. The minimum Gasteiger partial charge on any atom is -0.479 e. The van der Waals surface area contributed by atoms with Crippen molar-refractivity contribution < 1.29 is 23.9 Å². The average Bonchev–Trinajstić information content (AvgIpc) is 3.22. The quantitative estimate of drug-likeness (QED) is 0.615. The number of esters is 1. The highest BCUT2D eigenvalue weighted by Gasteiger charge is 2.28. The topological polar surface area (TPSA) is 103 Å². The van der Waals surface area contributed by atoms with Crippen molar-refractivity contribution in [2.24, 2.45) is 0 Å². The third kappa shape index (κ3) is 4.25. The average molecular weight is 420 g/mol. The highest BCUT2D eigenvalue weighted by molar-refractivity contribution is 6.10. The van der Waals surface area contributed by atoms with Crippen LogP contribution >= 0.6 is 0 Å². The summed E-state index contributed by atoms with van der Waals surface area (Å²) in [5, 5.41) is 7.00. The Labute approximate surface area is 178 Å². The summed E-state index contributed by atoms with van der Waals surface area (Å²) in [5.74, 6) is -1.26. The lowest BCUT2D eigenvalue weighted by molar-refractivity contribution is -0.123. The standard InChI is InChI=1S/C22H20N4O5/c1-2-30-22(29)21-18(12-26(24-21)15-8-4-3-5-9-15)31-14-20(28)25-13-19(27)23-16-10-6-7-11-17(16)25/h3-12H,2,13-14H2,1H3,(H,23,27). The van der Waals surface area contributed by atoms with E-state index in [1.54, 1.807) is 31.2 Å². The van der Waals surface area contributed by atoms with E-state index in [1.165, 1.54) is 15.8 Å². The zero-order valence-electron chi connectivity index (χ0n) is 16.8. The Kier molecular flexibility index (Phi) is 5.65. The van der Waals surface area contributed by atoms with E-state index in [1.807, 2.05) is 30.3 Å². The fraction of sp³-hybridized carbons (Fsp3) is 0.182. The Bertz CT molecular complexity index is 1130. The number of nitrogens with one attached hydrogen (secondary N) is 1. The van der Waals surface area contributed by atoms with Crippen molar-refractivity contribution in [3.63, 3.8) is 0 Å². The highest BCUT2D eigenvalue weighted by Crippen LogP contribution is 2.29. The maximum atomic E-state index is 12.8. The number of aromatic nitrogens is 2. The molecular formula is C22H20N4O5. The number of fused-ring (bicyclic) bond motifs is 1. The van der Waals surface area contributed by atoms with Crippen molar-refractivity contribution >= 4 is 29.2 Å². The molecule has 9 nitrogen and oxygen atoms in total. The Morgan fingerprint density at radius 1 is 1.10 bits per heavy atom. The van der Waals surface area contributed by atoms with Gasteiger partial charge in [0.1, 0.15) is 6.54 Å². The maximum Gasteiger partial charge on any atom is 0.362 e. The molecule has 0 saturated carbocycles. The third-order valence-corrected chi connectivity index (χ3v) is 4.59. The molecule has 1 aliphatic rings. The number of amides is 2. The van der Waals surface area contributed by atoms with Gasteiger partial charge in [0.05, 0.1) is 29.9 Å². The molecule has 0 saturated heterocycles. The molecule has 0 fully saturated rings. The van der Waals surface area contributed by atoms with Crippen LogP contribution in [-0.2, 0) is 14.3 Å². The molecular weight excluding hydrogens is 400 g/mol. The second kappa shape index (κ2) is 8.70. The predicted octanol–water partition coefficient (Wildman–Crippen LogP) is 2.41. The van der Waals surface area contributed by atoms with E-state index in [9.17, 15) is 14.4 Å². The number of anilines is 2. The highest BCUT2D eigenvalue weighted by atomic mass is 16.5. The van der Waals surface area contributed by atoms with Crippen molar-refractivity contribution in [2.75, 3.05) is 30.0 Å². The van der Waals surface area contributed by atoms with Gasteiger partial charge in [0, 0.05) is 0 Å². The first-order chi connectivity index (χ1) is 15.1. The molecule has 1 aliphatic heterocycles. The zero-order chi connectivity index (χ0) is 21.8. The summed E-state index contributed by atoms with van der Waals surface area (Å²) in [7, 11) is 0. The van der Waals surface area contributed by atoms with E-state index in [0.717, 1.165) is 5.69 Å². The molecule has 158 valence electrons. The summed E-state index contributed by atoms with van der Waals surface area (Å²) >= 11 is 0. The number of benzene rings is 2. The first-order valence-electron chi connectivity index (χ1n) is 9.71. The first kappa shape index (κ1) is 20.1. The van der Waals surface area contributed by atoms with Gasteiger partial charge in [0.15, 0.2) is 12.4 Å². The zero-order valence-corrected chi connectivity index (χ0v) is 16.8. The summed E-state index contributed by atoms with van der Waals surface area (Å²) in [6.45, 7) is 1.37. The van der Waals surface area contributed by atoms with E-state index in [4.69, 9.17) is 9.47 Å². The lowest BCUT2D eigenvalue weighted by Crippen LogP contribution is -2.44. The van der Waals surface area contributed by atoms with Crippen LogP contribution in [0.3, 0.4) is 0 Å².